The lowest BCUT2D eigenvalue weighted by molar-refractivity contribution is 0.102. The van der Waals surface area contributed by atoms with Gasteiger partial charge < -0.3 is 10.6 Å². The summed E-state index contributed by atoms with van der Waals surface area (Å²) in [6.07, 6.45) is 1.59. The van der Waals surface area contributed by atoms with Crippen LogP contribution >= 0.6 is 0 Å². The van der Waals surface area contributed by atoms with E-state index in [2.05, 4.69) is 34.4 Å². The third kappa shape index (κ3) is 4.54. The van der Waals surface area contributed by atoms with Gasteiger partial charge >= 0.3 is 0 Å². The Morgan fingerprint density at radius 3 is 2.50 bits per heavy atom. The molecule has 1 heterocycles. The molecule has 1 amide bonds. The number of hydrogen-bond donors (Lipinski definition) is 2. The minimum Gasteiger partial charge on any atom is -0.350 e. The maximum absolute atomic E-state index is 12.6. The lowest BCUT2D eigenvalue weighted by Gasteiger charge is -2.20. The van der Waals surface area contributed by atoms with Crippen molar-refractivity contribution >= 4 is 17.5 Å². The van der Waals surface area contributed by atoms with E-state index in [1.54, 1.807) is 12.3 Å². The topological polar surface area (TPSA) is 66.9 Å². The van der Waals surface area contributed by atoms with Crippen LogP contribution in [0.4, 0.5) is 11.6 Å². The zero-order valence-electron chi connectivity index (χ0n) is 15.3. The van der Waals surface area contributed by atoms with E-state index in [0.29, 0.717) is 17.6 Å². The second-order valence-electron chi connectivity index (χ2n) is 7.29. The Balaban J connectivity index is 2.27. The first-order chi connectivity index (χ1) is 11.2. The molecule has 0 unspecified atom stereocenters. The summed E-state index contributed by atoms with van der Waals surface area (Å²) in [4.78, 5) is 21.1. The summed E-state index contributed by atoms with van der Waals surface area (Å²) in [7, 11) is 0. The van der Waals surface area contributed by atoms with Gasteiger partial charge in [-0.3, -0.25) is 4.79 Å². The third-order valence-electron chi connectivity index (χ3n) is 3.54. The molecular weight excluding hydrogens is 300 g/mol. The number of nitrogens with one attached hydrogen (secondary N) is 2. The largest absolute Gasteiger partial charge is 0.350 e. The molecule has 2 N–H and O–H groups in total. The Morgan fingerprint density at radius 2 is 1.88 bits per heavy atom. The fraction of sp³-hybridized carbons (Fsp3) is 0.421. The summed E-state index contributed by atoms with van der Waals surface area (Å²) in [5, 5.41) is 6.19. The van der Waals surface area contributed by atoms with Gasteiger partial charge in [-0.15, -0.1) is 0 Å². The Labute approximate surface area is 143 Å². The van der Waals surface area contributed by atoms with E-state index in [0.717, 1.165) is 16.8 Å². The van der Waals surface area contributed by atoms with Gasteiger partial charge in [0.1, 0.15) is 5.69 Å². The summed E-state index contributed by atoms with van der Waals surface area (Å²) in [6.45, 7) is 12.3. The summed E-state index contributed by atoms with van der Waals surface area (Å²) < 4.78 is 0. The van der Waals surface area contributed by atoms with Crippen LogP contribution in [-0.2, 0) is 0 Å². The van der Waals surface area contributed by atoms with Crippen molar-refractivity contribution in [2.45, 2.75) is 53.0 Å². The zero-order chi connectivity index (χ0) is 17.9. The van der Waals surface area contributed by atoms with Crippen LogP contribution in [0.15, 0.2) is 30.5 Å². The van der Waals surface area contributed by atoms with Gasteiger partial charge in [0, 0.05) is 17.4 Å². The number of rotatable bonds is 4. The van der Waals surface area contributed by atoms with Crippen molar-refractivity contribution in [3.05, 3.63) is 47.3 Å². The fourth-order valence-electron chi connectivity index (χ4n) is 2.40. The van der Waals surface area contributed by atoms with Gasteiger partial charge in [-0.05, 0) is 50.8 Å². The van der Waals surface area contributed by atoms with Gasteiger partial charge in [-0.1, -0.05) is 32.0 Å². The highest BCUT2D eigenvalue weighted by molar-refractivity contribution is 6.03. The van der Waals surface area contributed by atoms with Crippen molar-refractivity contribution in [1.29, 1.82) is 0 Å². The van der Waals surface area contributed by atoms with Crippen LogP contribution in [0, 0.1) is 6.92 Å². The number of benzene rings is 1. The Morgan fingerprint density at radius 1 is 1.17 bits per heavy atom. The van der Waals surface area contributed by atoms with Gasteiger partial charge in [0.2, 0.25) is 5.95 Å². The van der Waals surface area contributed by atoms with E-state index in [1.807, 2.05) is 45.9 Å². The molecule has 5 heteroatoms. The van der Waals surface area contributed by atoms with E-state index in [-0.39, 0.29) is 11.4 Å². The van der Waals surface area contributed by atoms with Crippen molar-refractivity contribution < 1.29 is 4.79 Å². The predicted octanol–water partition coefficient (Wildman–Crippen LogP) is 4.37. The average Bonchev–Trinajstić information content (AvgIpc) is 2.47. The lowest BCUT2D eigenvalue weighted by atomic mass is 9.98. The summed E-state index contributed by atoms with van der Waals surface area (Å²) in [5.41, 5.74) is 3.19. The number of carbonyl (C=O) groups excluding carboxylic acids is 1. The van der Waals surface area contributed by atoms with Crippen LogP contribution in [0.25, 0.3) is 0 Å². The maximum atomic E-state index is 12.6. The first-order valence-electron chi connectivity index (χ1n) is 8.19. The number of carbonyl (C=O) groups is 1. The molecule has 128 valence electrons. The number of para-hydroxylation sites is 1. The SMILES string of the molecule is Cc1cccc(C(C)C)c1NC(=O)c1ccnc(NC(C)(C)C)n1. The van der Waals surface area contributed by atoms with Gasteiger partial charge in [-0.25, -0.2) is 9.97 Å². The van der Waals surface area contributed by atoms with E-state index >= 15 is 0 Å². The normalized spacial score (nSPS) is 11.5. The van der Waals surface area contributed by atoms with E-state index < -0.39 is 0 Å². The quantitative estimate of drug-likeness (QED) is 0.875. The predicted molar refractivity (Wildman–Crippen MR) is 98.6 cm³/mol. The highest BCUT2D eigenvalue weighted by atomic mass is 16.1. The van der Waals surface area contributed by atoms with Crippen molar-refractivity contribution in [2.24, 2.45) is 0 Å². The Kier molecular flexibility index (Phi) is 5.22. The minimum atomic E-state index is -0.231. The second kappa shape index (κ2) is 6.99. The molecule has 0 aliphatic heterocycles. The number of aromatic nitrogens is 2. The van der Waals surface area contributed by atoms with E-state index in [9.17, 15) is 4.79 Å². The van der Waals surface area contributed by atoms with Crippen LogP contribution in [-0.4, -0.2) is 21.4 Å². The standard InChI is InChI=1S/C19H26N4O/c1-12(2)14-9-7-8-13(3)16(14)22-17(24)15-10-11-20-18(21-15)23-19(4,5)6/h7-12H,1-6H3,(H,22,24)(H,20,21,23). The van der Waals surface area contributed by atoms with Gasteiger partial charge in [0.25, 0.3) is 5.91 Å². The molecule has 5 nitrogen and oxygen atoms in total. The van der Waals surface area contributed by atoms with Crippen LogP contribution in [0.3, 0.4) is 0 Å². The molecule has 1 aromatic carbocycles. The highest BCUT2D eigenvalue weighted by Gasteiger charge is 2.16. The molecule has 0 atom stereocenters. The average molecular weight is 326 g/mol. The van der Waals surface area contributed by atoms with Crippen molar-refractivity contribution in [1.82, 2.24) is 9.97 Å². The van der Waals surface area contributed by atoms with Gasteiger partial charge in [0.15, 0.2) is 0 Å². The summed E-state index contributed by atoms with van der Waals surface area (Å²) >= 11 is 0. The van der Waals surface area contributed by atoms with Crippen molar-refractivity contribution in [3.8, 4) is 0 Å². The lowest BCUT2D eigenvalue weighted by Crippen LogP contribution is -2.28. The number of amides is 1. The number of nitrogens with zero attached hydrogens (tertiary/aromatic N) is 2. The molecule has 0 aliphatic rings. The Hall–Kier alpha value is -2.43. The van der Waals surface area contributed by atoms with Crippen molar-refractivity contribution in [3.63, 3.8) is 0 Å². The first kappa shape index (κ1) is 17.9. The smallest absolute Gasteiger partial charge is 0.274 e. The molecule has 24 heavy (non-hydrogen) atoms. The maximum Gasteiger partial charge on any atom is 0.274 e. The molecule has 1 aromatic heterocycles. The highest BCUT2D eigenvalue weighted by Crippen LogP contribution is 2.27. The van der Waals surface area contributed by atoms with Gasteiger partial charge in [0.05, 0.1) is 0 Å². The van der Waals surface area contributed by atoms with E-state index in [4.69, 9.17) is 0 Å². The van der Waals surface area contributed by atoms with Crippen molar-refractivity contribution in [2.75, 3.05) is 10.6 Å². The summed E-state index contributed by atoms with van der Waals surface area (Å²) in [5.74, 6) is 0.540. The monoisotopic (exact) mass is 326 g/mol. The molecule has 0 aliphatic carbocycles. The third-order valence-corrected chi connectivity index (χ3v) is 3.54. The van der Waals surface area contributed by atoms with Crippen LogP contribution in [0.2, 0.25) is 0 Å². The fourth-order valence-corrected chi connectivity index (χ4v) is 2.40. The molecular formula is C19H26N4O. The molecule has 0 spiro atoms. The summed E-state index contributed by atoms with van der Waals surface area (Å²) in [6, 6.07) is 7.67. The van der Waals surface area contributed by atoms with Crippen LogP contribution < -0.4 is 10.6 Å². The molecule has 2 rings (SSSR count). The molecule has 0 radical (unpaired) electrons. The van der Waals surface area contributed by atoms with Crippen LogP contribution in [0.1, 0.15) is 62.2 Å². The van der Waals surface area contributed by atoms with Crippen LogP contribution in [0.5, 0.6) is 0 Å². The number of aryl methyl sites for hydroxylation is 1. The van der Waals surface area contributed by atoms with E-state index in [1.165, 1.54) is 0 Å². The second-order valence-corrected chi connectivity index (χ2v) is 7.29. The zero-order valence-corrected chi connectivity index (χ0v) is 15.3. The molecule has 0 saturated heterocycles. The van der Waals surface area contributed by atoms with Gasteiger partial charge in [-0.2, -0.15) is 0 Å². The minimum absolute atomic E-state index is 0.171. The molecule has 0 bridgehead atoms. The molecule has 0 saturated carbocycles. The molecule has 2 aromatic rings. The first-order valence-corrected chi connectivity index (χ1v) is 8.19. The molecule has 0 fully saturated rings. The Bertz CT molecular complexity index is 732. The number of anilines is 2. The number of hydrogen-bond acceptors (Lipinski definition) is 4.